The molecule has 2 fully saturated rings. The average Bonchev–Trinajstić information content (AvgIpc) is 2.99. The van der Waals surface area contributed by atoms with Crippen LogP contribution >= 0.6 is 12.4 Å². The molecule has 1 saturated heterocycles. The number of hydrogen-bond donors (Lipinski definition) is 1. The number of nitrogens with two attached hydrogens (primary N) is 1. The van der Waals surface area contributed by atoms with E-state index in [1.165, 1.54) is 31.5 Å². The van der Waals surface area contributed by atoms with Crippen molar-refractivity contribution >= 4 is 12.4 Å². The third kappa shape index (κ3) is 3.91. The summed E-state index contributed by atoms with van der Waals surface area (Å²) in [6.45, 7) is 6.36. The highest BCUT2D eigenvalue weighted by Gasteiger charge is 2.40. The zero-order valence-electron chi connectivity index (χ0n) is 12.8. The second-order valence-corrected chi connectivity index (χ2v) is 6.36. The lowest BCUT2D eigenvalue weighted by molar-refractivity contribution is 0.295. The normalized spacial score (nSPS) is 28.2. The van der Waals surface area contributed by atoms with Crippen molar-refractivity contribution < 1.29 is 4.74 Å². The van der Waals surface area contributed by atoms with Gasteiger partial charge in [0.15, 0.2) is 0 Å². The Balaban J connectivity index is 0.00000161. The van der Waals surface area contributed by atoms with Gasteiger partial charge in [0.1, 0.15) is 5.75 Å². The highest BCUT2D eigenvalue weighted by molar-refractivity contribution is 5.85. The van der Waals surface area contributed by atoms with Gasteiger partial charge in [0.05, 0.1) is 6.61 Å². The molecule has 0 amide bonds. The van der Waals surface area contributed by atoms with E-state index in [1.54, 1.807) is 0 Å². The van der Waals surface area contributed by atoms with Crippen molar-refractivity contribution in [3.63, 3.8) is 0 Å². The highest BCUT2D eigenvalue weighted by Crippen LogP contribution is 2.37. The fourth-order valence-corrected chi connectivity index (χ4v) is 3.74. The Morgan fingerprint density at radius 3 is 2.90 bits per heavy atom. The van der Waals surface area contributed by atoms with Gasteiger partial charge in [0, 0.05) is 25.7 Å². The Morgan fingerprint density at radius 1 is 1.29 bits per heavy atom. The van der Waals surface area contributed by atoms with Crippen molar-refractivity contribution in [3.8, 4) is 5.75 Å². The van der Waals surface area contributed by atoms with Gasteiger partial charge in [-0.15, -0.1) is 12.4 Å². The van der Waals surface area contributed by atoms with Crippen molar-refractivity contribution in [2.75, 3.05) is 19.7 Å². The van der Waals surface area contributed by atoms with Crippen LogP contribution < -0.4 is 10.5 Å². The summed E-state index contributed by atoms with van der Waals surface area (Å²) in [7, 11) is 0. The molecule has 1 heterocycles. The van der Waals surface area contributed by atoms with Crippen LogP contribution in [0.25, 0.3) is 0 Å². The lowest BCUT2D eigenvalue weighted by Gasteiger charge is -2.18. The smallest absolute Gasteiger partial charge is 0.119 e. The molecule has 2 aliphatic rings. The van der Waals surface area contributed by atoms with Gasteiger partial charge in [-0.1, -0.05) is 19.1 Å². The first-order chi connectivity index (χ1) is 9.76. The lowest BCUT2D eigenvalue weighted by Crippen LogP contribution is -2.30. The second kappa shape index (κ2) is 7.48. The van der Waals surface area contributed by atoms with Crippen LogP contribution in [0.3, 0.4) is 0 Å². The van der Waals surface area contributed by atoms with Gasteiger partial charge in [-0.3, -0.25) is 4.90 Å². The quantitative estimate of drug-likeness (QED) is 0.908. The first kappa shape index (κ1) is 16.6. The maximum Gasteiger partial charge on any atom is 0.119 e. The summed E-state index contributed by atoms with van der Waals surface area (Å²) in [5.41, 5.74) is 7.56. The van der Waals surface area contributed by atoms with Crippen LogP contribution in [0.5, 0.6) is 5.75 Å². The molecule has 3 rings (SSSR count). The van der Waals surface area contributed by atoms with E-state index in [0.717, 1.165) is 37.2 Å². The molecule has 4 heteroatoms. The lowest BCUT2D eigenvalue weighted by atomic mass is 9.98. The fraction of sp³-hybridized carbons (Fsp3) is 0.647. The molecular weight excluding hydrogens is 284 g/mol. The molecule has 0 radical (unpaired) electrons. The number of benzene rings is 1. The summed E-state index contributed by atoms with van der Waals surface area (Å²) < 4.78 is 5.71. The maximum atomic E-state index is 6.21. The summed E-state index contributed by atoms with van der Waals surface area (Å²) in [6, 6.07) is 8.97. The minimum atomic E-state index is 0. The highest BCUT2D eigenvalue weighted by atomic mass is 35.5. The summed E-state index contributed by atoms with van der Waals surface area (Å²) in [5.74, 6) is 2.57. The van der Waals surface area contributed by atoms with Gasteiger partial charge in [-0.05, 0) is 48.8 Å². The molecule has 3 unspecified atom stereocenters. The monoisotopic (exact) mass is 310 g/mol. The molecule has 1 aromatic carbocycles. The molecular formula is C17H27ClN2O. The Bertz CT molecular complexity index is 454. The Kier molecular flexibility index (Phi) is 5.91. The number of rotatable bonds is 5. The van der Waals surface area contributed by atoms with Crippen molar-refractivity contribution in [2.24, 2.45) is 17.6 Å². The van der Waals surface area contributed by atoms with E-state index in [1.807, 2.05) is 6.07 Å². The van der Waals surface area contributed by atoms with Gasteiger partial charge in [0.25, 0.3) is 0 Å². The molecule has 0 spiro atoms. The van der Waals surface area contributed by atoms with Crippen molar-refractivity contribution in [1.29, 1.82) is 0 Å². The molecule has 1 aliphatic heterocycles. The molecule has 1 saturated carbocycles. The summed E-state index contributed by atoms with van der Waals surface area (Å²) >= 11 is 0. The SMILES string of the molecule is CCCOc1cccc(CN2CC3CCC(N)C3C2)c1.Cl. The number of halogens is 1. The largest absolute Gasteiger partial charge is 0.494 e. The van der Waals surface area contributed by atoms with E-state index < -0.39 is 0 Å². The minimum Gasteiger partial charge on any atom is -0.494 e. The number of ether oxygens (including phenoxy) is 1. The van der Waals surface area contributed by atoms with Crippen LogP contribution in [0.2, 0.25) is 0 Å². The van der Waals surface area contributed by atoms with Crippen LogP contribution in [0.15, 0.2) is 24.3 Å². The predicted octanol–water partition coefficient (Wildman–Crippen LogP) is 3.07. The fourth-order valence-electron chi connectivity index (χ4n) is 3.74. The zero-order valence-corrected chi connectivity index (χ0v) is 13.6. The summed E-state index contributed by atoms with van der Waals surface area (Å²) in [6.07, 6.45) is 3.60. The zero-order chi connectivity index (χ0) is 13.9. The Labute approximate surface area is 134 Å². The number of likely N-dealkylation sites (tertiary alicyclic amines) is 1. The third-order valence-corrected chi connectivity index (χ3v) is 4.77. The van der Waals surface area contributed by atoms with Gasteiger partial charge in [-0.25, -0.2) is 0 Å². The van der Waals surface area contributed by atoms with E-state index in [0.29, 0.717) is 6.04 Å². The molecule has 3 nitrogen and oxygen atoms in total. The summed E-state index contributed by atoms with van der Waals surface area (Å²) in [5, 5.41) is 0. The predicted molar refractivity (Wildman–Crippen MR) is 88.9 cm³/mol. The first-order valence-corrected chi connectivity index (χ1v) is 7.96. The van der Waals surface area contributed by atoms with Gasteiger partial charge in [-0.2, -0.15) is 0 Å². The van der Waals surface area contributed by atoms with E-state index in [2.05, 4.69) is 30.0 Å². The number of nitrogens with zero attached hydrogens (tertiary/aromatic N) is 1. The minimum absolute atomic E-state index is 0. The van der Waals surface area contributed by atoms with Crippen LogP contribution in [0, 0.1) is 11.8 Å². The van der Waals surface area contributed by atoms with Crippen molar-refractivity contribution in [2.45, 2.75) is 38.8 Å². The standard InChI is InChI=1S/C17H26N2O.ClH/c1-2-8-20-15-5-3-4-13(9-15)10-19-11-14-6-7-17(18)16(14)12-19;/h3-5,9,14,16-17H,2,6-8,10-12,18H2,1H3;1H. The summed E-state index contributed by atoms with van der Waals surface area (Å²) in [4.78, 5) is 2.56. The van der Waals surface area contributed by atoms with Gasteiger partial charge >= 0.3 is 0 Å². The first-order valence-electron chi connectivity index (χ1n) is 7.96. The third-order valence-electron chi connectivity index (χ3n) is 4.77. The molecule has 1 aliphatic carbocycles. The Morgan fingerprint density at radius 2 is 2.14 bits per heavy atom. The van der Waals surface area contributed by atoms with E-state index in [4.69, 9.17) is 10.5 Å². The molecule has 0 bridgehead atoms. The van der Waals surface area contributed by atoms with E-state index in [9.17, 15) is 0 Å². The molecule has 0 aromatic heterocycles. The number of fused-ring (bicyclic) bond motifs is 1. The van der Waals surface area contributed by atoms with E-state index in [-0.39, 0.29) is 12.4 Å². The van der Waals surface area contributed by atoms with Crippen LogP contribution in [0.4, 0.5) is 0 Å². The van der Waals surface area contributed by atoms with Crippen molar-refractivity contribution in [3.05, 3.63) is 29.8 Å². The molecule has 1 aromatic rings. The molecule has 3 atom stereocenters. The maximum absolute atomic E-state index is 6.21. The van der Waals surface area contributed by atoms with E-state index >= 15 is 0 Å². The average molecular weight is 311 g/mol. The molecule has 118 valence electrons. The van der Waals surface area contributed by atoms with Crippen LogP contribution in [-0.2, 0) is 6.54 Å². The molecule has 2 N–H and O–H groups in total. The number of hydrogen-bond acceptors (Lipinski definition) is 3. The van der Waals surface area contributed by atoms with Gasteiger partial charge < -0.3 is 10.5 Å². The molecule has 21 heavy (non-hydrogen) atoms. The second-order valence-electron chi connectivity index (χ2n) is 6.36. The van der Waals surface area contributed by atoms with Crippen LogP contribution in [-0.4, -0.2) is 30.6 Å². The topological polar surface area (TPSA) is 38.5 Å². The van der Waals surface area contributed by atoms with Crippen molar-refractivity contribution in [1.82, 2.24) is 4.90 Å². The Hall–Kier alpha value is -0.770. The van der Waals surface area contributed by atoms with Gasteiger partial charge in [0.2, 0.25) is 0 Å². The van der Waals surface area contributed by atoms with Crippen LogP contribution in [0.1, 0.15) is 31.7 Å².